The average molecular weight is 329 g/mol. The van der Waals surface area contributed by atoms with E-state index < -0.39 is 0 Å². The lowest BCUT2D eigenvalue weighted by atomic mass is 9.94. The van der Waals surface area contributed by atoms with Gasteiger partial charge in [-0.15, -0.1) is 0 Å². The smallest absolute Gasteiger partial charge is 0.0595 e. The van der Waals surface area contributed by atoms with Gasteiger partial charge in [-0.2, -0.15) is 0 Å². The van der Waals surface area contributed by atoms with Crippen LogP contribution in [0.3, 0.4) is 0 Å². The highest BCUT2D eigenvalue weighted by Gasteiger charge is 2.30. The third kappa shape index (κ3) is 4.35. The van der Waals surface area contributed by atoms with Crippen molar-refractivity contribution in [1.29, 1.82) is 0 Å². The summed E-state index contributed by atoms with van der Waals surface area (Å²) >= 11 is 12.2. The minimum Gasteiger partial charge on any atom is -0.311 e. The number of benzene rings is 1. The van der Waals surface area contributed by atoms with E-state index in [0.717, 1.165) is 19.6 Å². The maximum Gasteiger partial charge on any atom is 0.0595 e. The Morgan fingerprint density at radius 2 is 1.86 bits per heavy atom. The first-order valence-electron chi connectivity index (χ1n) is 7.79. The van der Waals surface area contributed by atoms with E-state index in [2.05, 4.69) is 44.0 Å². The molecule has 1 fully saturated rings. The highest BCUT2D eigenvalue weighted by molar-refractivity contribution is 6.42. The Labute approximate surface area is 138 Å². The van der Waals surface area contributed by atoms with Crippen LogP contribution in [0.5, 0.6) is 0 Å². The Bertz CT molecular complexity index is 474. The minimum atomic E-state index is 0.558. The van der Waals surface area contributed by atoms with Gasteiger partial charge in [0.05, 0.1) is 10.0 Å². The molecule has 0 amide bonds. The molecule has 1 saturated heterocycles. The Morgan fingerprint density at radius 3 is 2.43 bits per heavy atom. The van der Waals surface area contributed by atoms with Crippen LogP contribution in [0.2, 0.25) is 10.0 Å². The number of nitrogens with one attached hydrogen (secondary N) is 1. The number of hydrogen-bond donors (Lipinski definition) is 1. The molecule has 4 heteroatoms. The molecule has 2 rings (SSSR count). The van der Waals surface area contributed by atoms with Gasteiger partial charge in [-0.25, -0.2) is 0 Å². The highest BCUT2D eigenvalue weighted by Crippen LogP contribution is 2.25. The van der Waals surface area contributed by atoms with Gasteiger partial charge >= 0.3 is 0 Å². The van der Waals surface area contributed by atoms with Gasteiger partial charge < -0.3 is 5.32 Å². The summed E-state index contributed by atoms with van der Waals surface area (Å²) in [7, 11) is 0. The van der Waals surface area contributed by atoms with Crippen LogP contribution < -0.4 is 5.32 Å². The molecule has 1 N–H and O–H groups in total. The molecule has 1 aliphatic rings. The predicted molar refractivity (Wildman–Crippen MR) is 92.1 cm³/mol. The van der Waals surface area contributed by atoms with Crippen LogP contribution in [-0.4, -0.2) is 30.1 Å². The van der Waals surface area contributed by atoms with Crippen LogP contribution in [-0.2, 0) is 6.54 Å². The van der Waals surface area contributed by atoms with E-state index >= 15 is 0 Å². The van der Waals surface area contributed by atoms with Crippen molar-refractivity contribution in [1.82, 2.24) is 10.2 Å². The molecule has 2 nitrogen and oxygen atoms in total. The van der Waals surface area contributed by atoms with Gasteiger partial charge in [0.25, 0.3) is 0 Å². The Balaban J connectivity index is 2.13. The lowest BCUT2D eigenvalue weighted by Gasteiger charge is -2.43. The molecule has 1 aliphatic heterocycles. The largest absolute Gasteiger partial charge is 0.311 e. The number of nitrogens with zero attached hydrogens (tertiary/aromatic N) is 1. The van der Waals surface area contributed by atoms with Crippen LogP contribution in [0.15, 0.2) is 18.2 Å². The van der Waals surface area contributed by atoms with Gasteiger partial charge in [-0.1, -0.05) is 57.0 Å². The average Bonchev–Trinajstić information content (AvgIpc) is 2.42. The SMILES string of the molecule is CC(C)C1CN(Cc2ccc(Cl)c(Cl)c2)C(C(C)C)CN1. The Hall–Kier alpha value is -0.280. The number of halogens is 2. The van der Waals surface area contributed by atoms with E-state index in [-0.39, 0.29) is 0 Å². The van der Waals surface area contributed by atoms with Crippen LogP contribution in [0.25, 0.3) is 0 Å². The summed E-state index contributed by atoms with van der Waals surface area (Å²) in [6, 6.07) is 7.09. The van der Waals surface area contributed by atoms with Crippen molar-refractivity contribution in [2.75, 3.05) is 13.1 Å². The van der Waals surface area contributed by atoms with Gasteiger partial charge in [0.1, 0.15) is 0 Å². The molecule has 1 aromatic rings. The lowest BCUT2D eigenvalue weighted by Crippen LogP contribution is -2.59. The molecule has 0 aromatic heterocycles. The van der Waals surface area contributed by atoms with E-state index in [1.165, 1.54) is 5.56 Å². The van der Waals surface area contributed by atoms with Gasteiger partial charge in [0.2, 0.25) is 0 Å². The molecule has 0 saturated carbocycles. The maximum atomic E-state index is 6.15. The fraction of sp³-hybridized carbons (Fsp3) is 0.647. The number of piperazine rings is 1. The van der Waals surface area contributed by atoms with Gasteiger partial charge in [0, 0.05) is 31.7 Å². The molecular formula is C17H26Cl2N2. The van der Waals surface area contributed by atoms with Crippen LogP contribution >= 0.6 is 23.2 Å². The summed E-state index contributed by atoms with van der Waals surface area (Å²) in [5.41, 5.74) is 1.24. The molecule has 1 heterocycles. The van der Waals surface area contributed by atoms with E-state index in [0.29, 0.717) is 34.0 Å². The zero-order valence-electron chi connectivity index (χ0n) is 13.4. The van der Waals surface area contributed by atoms with E-state index in [1.54, 1.807) is 0 Å². The normalized spacial score (nSPS) is 24.0. The molecule has 0 spiro atoms. The fourth-order valence-corrected chi connectivity index (χ4v) is 3.33. The summed E-state index contributed by atoms with van der Waals surface area (Å²) in [5, 5.41) is 4.97. The first-order chi connectivity index (χ1) is 9.88. The Kier molecular flexibility index (Phi) is 5.96. The van der Waals surface area contributed by atoms with Crippen LogP contribution in [0, 0.1) is 11.8 Å². The summed E-state index contributed by atoms with van der Waals surface area (Å²) in [6.07, 6.45) is 0. The summed E-state index contributed by atoms with van der Waals surface area (Å²) < 4.78 is 0. The molecule has 21 heavy (non-hydrogen) atoms. The topological polar surface area (TPSA) is 15.3 Å². The third-order valence-corrected chi connectivity index (χ3v) is 5.17. The second-order valence-corrected chi connectivity index (χ2v) is 7.56. The summed E-state index contributed by atoms with van der Waals surface area (Å²) in [5.74, 6) is 1.28. The van der Waals surface area contributed by atoms with Crippen molar-refractivity contribution in [2.24, 2.45) is 11.8 Å². The molecule has 0 radical (unpaired) electrons. The molecule has 0 bridgehead atoms. The zero-order chi connectivity index (χ0) is 15.6. The van der Waals surface area contributed by atoms with Crippen LogP contribution in [0.4, 0.5) is 0 Å². The van der Waals surface area contributed by atoms with Crippen molar-refractivity contribution in [3.05, 3.63) is 33.8 Å². The molecular weight excluding hydrogens is 303 g/mol. The monoisotopic (exact) mass is 328 g/mol. The fourth-order valence-electron chi connectivity index (χ4n) is 3.01. The van der Waals surface area contributed by atoms with E-state index in [9.17, 15) is 0 Å². The van der Waals surface area contributed by atoms with E-state index in [4.69, 9.17) is 23.2 Å². The quantitative estimate of drug-likeness (QED) is 0.878. The van der Waals surface area contributed by atoms with Crippen molar-refractivity contribution < 1.29 is 0 Å². The number of hydrogen-bond acceptors (Lipinski definition) is 2. The highest BCUT2D eigenvalue weighted by atomic mass is 35.5. The minimum absolute atomic E-state index is 0.558. The second-order valence-electron chi connectivity index (χ2n) is 6.75. The third-order valence-electron chi connectivity index (χ3n) is 4.43. The van der Waals surface area contributed by atoms with Gasteiger partial charge in [-0.05, 0) is 29.5 Å². The van der Waals surface area contributed by atoms with Crippen molar-refractivity contribution >= 4 is 23.2 Å². The Morgan fingerprint density at radius 1 is 1.14 bits per heavy atom. The first kappa shape index (κ1) is 17.1. The maximum absolute atomic E-state index is 6.15. The van der Waals surface area contributed by atoms with Crippen LogP contribution in [0.1, 0.15) is 33.3 Å². The van der Waals surface area contributed by atoms with Gasteiger partial charge in [0.15, 0.2) is 0 Å². The van der Waals surface area contributed by atoms with Crippen molar-refractivity contribution in [3.8, 4) is 0 Å². The molecule has 2 atom stereocenters. The first-order valence-corrected chi connectivity index (χ1v) is 8.55. The summed E-state index contributed by atoms with van der Waals surface area (Å²) in [4.78, 5) is 2.59. The molecule has 118 valence electrons. The molecule has 2 unspecified atom stereocenters. The number of rotatable bonds is 4. The standard InChI is InChI=1S/C17H26Cl2N2/c1-11(2)16-10-21(17(8-20-16)12(3)4)9-13-5-6-14(18)15(19)7-13/h5-7,11-12,16-17,20H,8-10H2,1-4H3. The van der Waals surface area contributed by atoms with Gasteiger partial charge in [-0.3, -0.25) is 4.90 Å². The van der Waals surface area contributed by atoms with E-state index in [1.807, 2.05) is 12.1 Å². The molecule has 1 aromatic carbocycles. The predicted octanol–water partition coefficient (Wildman–Crippen LogP) is 4.45. The second kappa shape index (κ2) is 7.32. The molecule has 0 aliphatic carbocycles. The summed E-state index contributed by atoms with van der Waals surface area (Å²) in [6.45, 7) is 12.2. The van der Waals surface area contributed by atoms with Crippen molar-refractivity contribution in [2.45, 2.75) is 46.3 Å². The van der Waals surface area contributed by atoms with Crippen molar-refractivity contribution in [3.63, 3.8) is 0 Å². The lowest BCUT2D eigenvalue weighted by molar-refractivity contribution is 0.0784. The zero-order valence-corrected chi connectivity index (χ0v) is 14.9.